The summed E-state index contributed by atoms with van der Waals surface area (Å²) in [5, 5.41) is 24.7. The van der Waals surface area contributed by atoms with Crippen LogP contribution in [0.1, 0.15) is 32.4 Å². The Kier molecular flexibility index (Phi) is 9.08. The van der Waals surface area contributed by atoms with E-state index in [0.717, 1.165) is 4.90 Å². The number of phenols is 1. The van der Waals surface area contributed by atoms with Gasteiger partial charge in [0.15, 0.2) is 0 Å². The number of nitrogens with zero attached hydrogens (tertiary/aromatic N) is 1. The van der Waals surface area contributed by atoms with Gasteiger partial charge in [-0.2, -0.15) is 0 Å². The topological polar surface area (TPSA) is 137 Å². The van der Waals surface area contributed by atoms with Gasteiger partial charge in [-0.05, 0) is 62.7 Å². The van der Waals surface area contributed by atoms with Crippen LogP contribution in [-0.4, -0.2) is 58.4 Å². The van der Waals surface area contributed by atoms with E-state index in [-0.39, 0.29) is 11.3 Å². The molecule has 0 fully saturated rings. The van der Waals surface area contributed by atoms with Crippen LogP contribution < -0.4 is 15.4 Å². The summed E-state index contributed by atoms with van der Waals surface area (Å²) in [7, 11) is 1.50. The van der Waals surface area contributed by atoms with Crippen molar-refractivity contribution in [3.63, 3.8) is 0 Å². The molecule has 2 atom stereocenters. The first-order valence-corrected chi connectivity index (χ1v) is 10.6. The zero-order valence-electron chi connectivity index (χ0n) is 19.9. The van der Waals surface area contributed by atoms with E-state index >= 15 is 0 Å². The summed E-state index contributed by atoms with van der Waals surface area (Å²) in [6.07, 6.45) is 4.67. The number of nitrogens with one attached hydrogen (secondary N) is 2. The van der Waals surface area contributed by atoms with E-state index < -0.39 is 42.2 Å². The molecule has 2 rings (SSSR count). The molecule has 10 nitrogen and oxygen atoms in total. The molecule has 0 bridgehead atoms. The number of carbonyl (C=O) groups is 3. The van der Waals surface area contributed by atoms with Crippen molar-refractivity contribution in [2.75, 3.05) is 19.0 Å². The highest BCUT2D eigenvalue weighted by molar-refractivity contribution is 5.99. The standard InChI is InChI=1S/C25H29N3O7/c1-6-28(23(32)20(15-29)27-24(33)35-25(2,3)4)21(16-8-7-9-18(30)14-16)22(31)26-17-10-12-19(34-5)13-11-17/h1,7-14,20-21,29-30H,15H2,2-5H3,(H,26,31)(H,27,33). The minimum Gasteiger partial charge on any atom is -0.508 e. The van der Waals surface area contributed by atoms with Crippen molar-refractivity contribution in [2.45, 2.75) is 38.5 Å². The molecule has 0 saturated carbocycles. The maximum Gasteiger partial charge on any atom is 0.408 e. The first kappa shape index (κ1) is 27.0. The average Bonchev–Trinajstić information content (AvgIpc) is 2.79. The van der Waals surface area contributed by atoms with Crippen LogP contribution >= 0.6 is 0 Å². The highest BCUT2D eigenvalue weighted by atomic mass is 16.6. The largest absolute Gasteiger partial charge is 0.508 e. The van der Waals surface area contributed by atoms with Crippen LogP contribution in [-0.2, 0) is 14.3 Å². The van der Waals surface area contributed by atoms with Crippen LogP contribution in [0.2, 0.25) is 0 Å². The average molecular weight is 484 g/mol. The number of methoxy groups -OCH3 is 1. The molecule has 0 aliphatic carbocycles. The number of alkyl carbamates (subject to hydrolysis) is 1. The molecule has 0 heterocycles. The highest BCUT2D eigenvalue weighted by Gasteiger charge is 2.36. The zero-order chi connectivity index (χ0) is 26.2. The number of anilines is 1. The number of carbonyl (C=O) groups excluding carboxylic acids is 3. The lowest BCUT2D eigenvalue weighted by Gasteiger charge is -2.29. The number of phenolic OH excluding ortho intramolecular Hbond substituents is 1. The Bertz CT molecular complexity index is 1090. The normalized spacial score (nSPS) is 12.5. The van der Waals surface area contributed by atoms with E-state index in [1.807, 2.05) is 0 Å². The van der Waals surface area contributed by atoms with E-state index in [1.54, 1.807) is 45.0 Å². The molecule has 0 aliphatic rings. The second-order valence-electron chi connectivity index (χ2n) is 8.43. The summed E-state index contributed by atoms with van der Waals surface area (Å²) < 4.78 is 10.2. The predicted molar refractivity (Wildman–Crippen MR) is 128 cm³/mol. The lowest BCUT2D eigenvalue weighted by atomic mass is 10.0. The van der Waals surface area contributed by atoms with E-state index in [2.05, 4.69) is 16.7 Å². The van der Waals surface area contributed by atoms with Gasteiger partial charge in [-0.1, -0.05) is 18.6 Å². The van der Waals surface area contributed by atoms with E-state index in [0.29, 0.717) is 11.4 Å². The van der Waals surface area contributed by atoms with Gasteiger partial charge in [-0.15, -0.1) is 0 Å². The second kappa shape index (κ2) is 11.8. The number of aromatic hydroxyl groups is 1. The van der Waals surface area contributed by atoms with Gasteiger partial charge >= 0.3 is 6.09 Å². The third-order valence-electron chi connectivity index (χ3n) is 4.60. The fourth-order valence-corrected chi connectivity index (χ4v) is 3.07. The predicted octanol–water partition coefficient (Wildman–Crippen LogP) is 2.39. The number of aliphatic hydroxyl groups excluding tert-OH is 1. The van der Waals surface area contributed by atoms with Crippen molar-refractivity contribution >= 4 is 23.6 Å². The van der Waals surface area contributed by atoms with Gasteiger partial charge in [-0.25, -0.2) is 4.79 Å². The van der Waals surface area contributed by atoms with E-state index in [4.69, 9.17) is 15.9 Å². The number of amides is 3. The SMILES string of the molecule is C#CN(C(=O)C(CO)NC(=O)OC(C)(C)C)C(C(=O)Nc1ccc(OC)cc1)c1cccc(O)c1. The van der Waals surface area contributed by atoms with Gasteiger partial charge in [-0.3, -0.25) is 14.5 Å². The summed E-state index contributed by atoms with van der Waals surface area (Å²) in [4.78, 5) is 39.5. The lowest BCUT2D eigenvalue weighted by Crippen LogP contribution is -2.52. The molecule has 35 heavy (non-hydrogen) atoms. The molecule has 0 radical (unpaired) electrons. The Morgan fingerprint density at radius 2 is 1.80 bits per heavy atom. The van der Waals surface area contributed by atoms with Crippen LogP contribution in [0.15, 0.2) is 48.5 Å². The highest BCUT2D eigenvalue weighted by Crippen LogP contribution is 2.27. The second-order valence-corrected chi connectivity index (χ2v) is 8.43. The molecule has 4 N–H and O–H groups in total. The van der Waals surface area contributed by atoms with Crippen molar-refractivity contribution in [3.05, 3.63) is 54.1 Å². The fraction of sp³-hybridized carbons (Fsp3) is 0.320. The minimum atomic E-state index is -1.49. The molecule has 0 spiro atoms. The molecule has 2 unspecified atom stereocenters. The fourth-order valence-electron chi connectivity index (χ4n) is 3.07. The molecule has 2 aromatic rings. The summed E-state index contributed by atoms with van der Waals surface area (Å²) in [6.45, 7) is 4.11. The Morgan fingerprint density at radius 3 is 2.31 bits per heavy atom. The number of ether oxygens (including phenoxy) is 2. The molecule has 2 aromatic carbocycles. The van der Waals surface area contributed by atoms with Gasteiger partial charge in [0.1, 0.15) is 29.2 Å². The quantitative estimate of drug-likeness (QED) is 0.334. The number of benzene rings is 2. The third kappa shape index (κ3) is 7.65. The molecule has 186 valence electrons. The minimum absolute atomic E-state index is 0.153. The van der Waals surface area contributed by atoms with Crippen LogP contribution in [0.3, 0.4) is 0 Å². The smallest absolute Gasteiger partial charge is 0.408 e. The van der Waals surface area contributed by atoms with E-state index in [9.17, 15) is 24.6 Å². The first-order valence-electron chi connectivity index (χ1n) is 10.6. The van der Waals surface area contributed by atoms with Crippen LogP contribution in [0, 0.1) is 12.5 Å². The van der Waals surface area contributed by atoms with Crippen molar-refractivity contribution in [1.29, 1.82) is 0 Å². The van der Waals surface area contributed by atoms with Gasteiger partial charge in [0, 0.05) is 11.7 Å². The van der Waals surface area contributed by atoms with Crippen LogP contribution in [0.4, 0.5) is 10.5 Å². The lowest BCUT2D eigenvalue weighted by molar-refractivity contribution is -0.137. The number of aliphatic hydroxyl groups is 1. The Morgan fingerprint density at radius 1 is 1.14 bits per heavy atom. The van der Waals surface area contributed by atoms with Crippen molar-refractivity contribution < 1.29 is 34.1 Å². The maximum atomic E-state index is 13.3. The first-order chi connectivity index (χ1) is 16.5. The summed E-state index contributed by atoms with van der Waals surface area (Å²) in [5.41, 5.74) is -0.242. The van der Waals surface area contributed by atoms with Gasteiger partial charge in [0.2, 0.25) is 0 Å². The number of rotatable bonds is 8. The van der Waals surface area contributed by atoms with Gasteiger partial charge < -0.3 is 30.3 Å². The van der Waals surface area contributed by atoms with Crippen molar-refractivity contribution in [1.82, 2.24) is 10.2 Å². The zero-order valence-corrected chi connectivity index (χ0v) is 19.9. The molecule has 3 amide bonds. The molecular formula is C25H29N3O7. The molecule has 0 aliphatic heterocycles. The monoisotopic (exact) mass is 483 g/mol. The Hall–Kier alpha value is -4.23. The van der Waals surface area contributed by atoms with Gasteiger partial charge in [0.05, 0.1) is 13.7 Å². The van der Waals surface area contributed by atoms with Crippen LogP contribution in [0.5, 0.6) is 11.5 Å². The summed E-state index contributed by atoms with van der Waals surface area (Å²) >= 11 is 0. The van der Waals surface area contributed by atoms with Crippen molar-refractivity contribution in [3.8, 4) is 24.0 Å². The molecule has 0 saturated heterocycles. The third-order valence-corrected chi connectivity index (χ3v) is 4.60. The van der Waals surface area contributed by atoms with Crippen LogP contribution in [0.25, 0.3) is 0 Å². The Labute approximate surface area is 203 Å². The molecular weight excluding hydrogens is 454 g/mol. The number of hydrogen-bond acceptors (Lipinski definition) is 7. The molecule has 0 aromatic heterocycles. The maximum absolute atomic E-state index is 13.3. The summed E-state index contributed by atoms with van der Waals surface area (Å²) in [6, 6.07) is 11.4. The van der Waals surface area contributed by atoms with Gasteiger partial charge in [0.25, 0.3) is 11.8 Å². The molecule has 10 heteroatoms. The van der Waals surface area contributed by atoms with Crippen molar-refractivity contribution in [2.24, 2.45) is 0 Å². The number of hydrogen-bond donors (Lipinski definition) is 4. The summed E-state index contributed by atoms with van der Waals surface area (Å²) in [5.74, 6) is -1.20. The Balaban J connectivity index is 2.38. The number of terminal acetylenes is 1. The van der Waals surface area contributed by atoms with E-state index in [1.165, 1.54) is 31.4 Å².